The number of hydrogen-bond acceptors (Lipinski definition) is 4. The van der Waals surface area contributed by atoms with Gasteiger partial charge in [0.1, 0.15) is 0 Å². The van der Waals surface area contributed by atoms with Gasteiger partial charge in [0.25, 0.3) is 0 Å². The van der Waals surface area contributed by atoms with Crippen LogP contribution in [-0.2, 0) is 12.0 Å². The second-order valence-corrected chi connectivity index (χ2v) is 7.37. The van der Waals surface area contributed by atoms with Gasteiger partial charge in [-0.25, -0.2) is 4.98 Å². The molecule has 0 unspecified atom stereocenters. The standard InChI is InChI=1S/C18H21N3S/c1-14-17(22-15(2)20-14)12-21-10-8-18(13-19,9-11-21)16-6-4-3-5-7-16/h3-7H,8-12H2,1-2H3. The second kappa shape index (κ2) is 6.20. The molecule has 1 saturated heterocycles. The number of nitrogens with zero attached hydrogens (tertiary/aromatic N) is 3. The molecule has 22 heavy (non-hydrogen) atoms. The Bertz CT molecular complexity index is 676. The Morgan fingerprint density at radius 1 is 1.23 bits per heavy atom. The number of rotatable bonds is 3. The van der Waals surface area contributed by atoms with E-state index >= 15 is 0 Å². The molecular formula is C18H21N3S. The molecule has 0 atom stereocenters. The minimum atomic E-state index is -0.309. The lowest BCUT2D eigenvalue weighted by atomic mass is 9.74. The molecule has 114 valence electrons. The highest BCUT2D eigenvalue weighted by molar-refractivity contribution is 7.11. The Morgan fingerprint density at radius 2 is 1.91 bits per heavy atom. The summed E-state index contributed by atoms with van der Waals surface area (Å²) in [7, 11) is 0. The number of hydrogen-bond donors (Lipinski definition) is 0. The number of thiazole rings is 1. The van der Waals surface area contributed by atoms with Gasteiger partial charge >= 0.3 is 0 Å². The van der Waals surface area contributed by atoms with Crippen LogP contribution in [0.3, 0.4) is 0 Å². The van der Waals surface area contributed by atoms with Crippen LogP contribution < -0.4 is 0 Å². The quantitative estimate of drug-likeness (QED) is 0.865. The van der Waals surface area contributed by atoms with Crippen molar-refractivity contribution in [2.75, 3.05) is 13.1 Å². The third-order valence-corrected chi connectivity index (χ3v) is 5.67. The molecule has 4 heteroatoms. The summed E-state index contributed by atoms with van der Waals surface area (Å²) < 4.78 is 0. The van der Waals surface area contributed by atoms with Crippen molar-refractivity contribution < 1.29 is 0 Å². The SMILES string of the molecule is Cc1nc(C)c(CN2CCC(C#N)(c3ccccc3)CC2)s1. The highest BCUT2D eigenvalue weighted by Crippen LogP contribution is 2.35. The zero-order valence-electron chi connectivity index (χ0n) is 13.2. The van der Waals surface area contributed by atoms with Crippen LogP contribution >= 0.6 is 11.3 Å². The van der Waals surface area contributed by atoms with Crippen LogP contribution in [0.4, 0.5) is 0 Å². The van der Waals surface area contributed by atoms with Crippen molar-refractivity contribution in [2.45, 2.75) is 38.6 Å². The monoisotopic (exact) mass is 311 g/mol. The van der Waals surface area contributed by atoms with Crippen molar-refractivity contribution in [1.82, 2.24) is 9.88 Å². The summed E-state index contributed by atoms with van der Waals surface area (Å²) in [6.07, 6.45) is 1.81. The number of aryl methyl sites for hydroxylation is 2. The van der Waals surface area contributed by atoms with Gasteiger partial charge in [-0.2, -0.15) is 5.26 Å². The summed E-state index contributed by atoms with van der Waals surface area (Å²) in [5.41, 5.74) is 2.01. The molecule has 1 aliphatic rings. The van der Waals surface area contributed by atoms with Gasteiger partial charge in [-0.15, -0.1) is 11.3 Å². The van der Waals surface area contributed by atoms with Gasteiger partial charge in [-0.05, 0) is 32.3 Å². The Labute approximate surface area is 136 Å². The van der Waals surface area contributed by atoms with Crippen LogP contribution in [0.15, 0.2) is 30.3 Å². The predicted octanol–water partition coefficient (Wildman–Crippen LogP) is 3.82. The lowest BCUT2D eigenvalue weighted by Gasteiger charge is -2.37. The Kier molecular flexibility index (Phi) is 4.28. The maximum atomic E-state index is 9.74. The highest BCUT2D eigenvalue weighted by atomic mass is 32.1. The molecule has 0 bridgehead atoms. The average Bonchev–Trinajstić information content (AvgIpc) is 2.87. The molecule has 2 heterocycles. The lowest BCUT2D eigenvalue weighted by molar-refractivity contribution is 0.180. The molecule has 0 aliphatic carbocycles. The summed E-state index contributed by atoms with van der Waals surface area (Å²) in [5, 5.41) is 10.9. The van der Waals surface area contributed by atoms with Crippen LogP contribution in [0, 0.1) is 25.2 Å². The average molecular weight is 311 g/mol. The number of aromatic nitrogens is 1. The fraction of sp³-hybridized carbons (Fsp3) is 0.444. The third kappa shape index (κ3) is 2.92. The van der Waals surface area contributed by atoms with Crippen molar-refractivity contribution in [2.24, 2.45) is 0 Å². The molecular weight excluding hydrogens is 290 g/mol. The molecule has 0 radical (unpaired) electrons. The number of likely N-dealkylation sites (tertiary alicyclic amines) is 1. The molecule has 1 aromatic heterocycles. The molecule has 0 amide bonds. The summed E-state index contributed by atoms with van der Waals surface area (Å²) >= 11 is 1.79. The number of piperidine rings is 1. The van der Waals surface area contributed by atoms with Crippen molar-refractivity contribution in [3.05, 3.63) is 51.5 Å². The number of benzene rings is 1. The normalized spacial score (nSPS) is 18.0. The predicted molar refractivity (Wildman–Crippen MR) is 89.8 cm³/mol. The van der Waals surface area contributed by atoms with Crippen LogP contribution in [0.1, 0.15) is 34.0 Å². The van der Waals surface area contributed by atoms with Gasteiger partial charge in [-0.3, -0.25) is 4.90 Å². The molecule has 2 aromatic rings. The molecule has 3 nitrogen and oxygen atoms in total. The van der Waals surface area contributed by atoms with Crippen molar-refractivity contribution in [3.63, 3.8) is 0 Å². The molecule has 1 aromatic carbocycles. The van der Waals surface area contributed by atoms with Crippen LogP contribution in [0.25, 0.3) is 0 Å². The summed E-state index contributed by atoms with van der Waals surface area (Å²) in [4.78, 5) is 8.33. The van der Waals surface area contributed by atoms with Crippen LogP contribution in [-0.4, -0.2) is 23.0 Å². The van der Waals surface area contributed by atoms with E-state index in [4.69, 9.17) is 0 Å². The first-order chi connectivity index (χ1) is 10.6. The number of nitriles is 1. The molecule has 1 aliphatic heterocycles. The molecule has 0 N–H and O–H groups in total. The maximum Gasteiger partial charge on any atom is 0.0900 e. The van der Waals surface area contributed by atoms with E-state index in [-0.39, 0.29) is 5.41 Å². The van der Waals surface area contributed by atoms with Gasteiger partial charge in [0.15, 0.2) is 0 Å². The summed E-state index contributed by atoms with van der Waals surface area (Å²) in [6, 6.07) is 12.9. The van der Waals surface area contributed by atoms with Crippen molar-refractivity contribution in [3.8, 4) is 6.07 Å². The largest absolute Gasteiger partial charge is 0.298 e. The summed E-state index contributed by atoms with van der Waals surface area (Å²) in [6.45, 7) is 7.06. The van der Waals surface area contributed by atoms with E-state index in [1.807, 2.05) is 18.2 Å². The van der Waals surface area contributed by atoms with Crippen LogP contribution in [0.5, 0.6) is 0 Å². The first-order valence-electron chi connectivity index (χ1n) is 7.75. The van der Waals surface area contributed by atoms with E-state index in [9.17, 15) is 5.26 Å². The van der Waals surface area contributed by atoms with E-state index in [0.717, 1.165) is 43.2 Å². The van der Waals surface area contributed by atoms with Crippen molar-refractivity contribution >= 4 is 11.3 Å². The first kappa shape index (κ1) is 15.2. The fourth-order valence-electron chi connectivity index (χ4n) is 3.24. The lowest BCUT2D eigenvalue weighted by Crippen LogP contribution is -2.41. The van der Waals surface area contributed by atoms with Crippen molar-refractivity contribution in [1.29, 1.82) is 5.26 Å². The molecule has 0 spiro atoms. The third-order valence-electron chi connectivity index (χ3n) is 4.62. The van der Waals surface area contributed by atoms with Gasteiger partial charge in [-0.1, -0.05) is 30.3 Å². The molecule has 3 rings (SSSR count). The fourth-order valence-corrected chi connectivity index (χ4v) is 4.22. The summed E-state index contributed by atoms with van der Waals surface area (Å²) in [5.74, 6) is 0. The smallest absolute Gasteiger partial charge is 0.0900 e. The van der Waals surface area contributed by atoms with Gasteiger partial charge in [0, 0.05) is 24.5 Å². The minimum absolute atomic E-state index is 0.309. The van der Waals surface area contributed by atoms with E-state index in [1.165, 1.54) is 10.4 Å². The van der Waals surface area contributed by atoms with Crippen LogP contribution in [0.2, 0.25) is 0 Å². The topological polar surface area (TPSA) is 39.9 Å². The molecule has 1 fully saturated rings. The van der Waals surface area contributed by atoms with E-state index in [2.05, 4.69) is 41.9 Å². The van der Waals surface area contributed by atoms with E-state index in [0.29, 0.717) is 0 Å². The zero-order valence-corrected chi connectivity index (χ0v) is 14.0. The zero-order chi connectivity index (χ0) is 15.6. The highest BCUT2D eigenvalue weighted by Gasteiger charge is 2.36. The van der Waals surface area contributed by atoms with Gasteiger partial charge in [0.2, 0.25) is 0 Å². The van der Waals surface area contributed by atoms with E-state index < -0.39 is 0 Å². The van der Waals surface area contributed by atoms with Gasteiger partial charge in [0.05, 0.1) is 22.2 Å². The second-order valence-electron chi connectivity index (χ2n) is 6.08. The Morgan fingerprint density at radius 3 is 2.45 bits per heavy atom. The maximum absolute atomic E-state index is 9.74. The Balaban J connectivity index is 1.69. The first-order valence-corrected chi connectivity index (χ1v) is 8.57. The van der Waals surface area contributed by atoms with E-state index in [1.54, 1.807) is 11.3 Å². The molecule has 0 saturated carbocycles. The minimum Gasteiger partial charge on any atom is -0.298 e. The Hall–Kier alpha value is -1.70. The van der Waals surface area contributed by atoms with Gasteiger partial charge < -0.3 is 0 Å².